The van der Waals surface area contributed by atoms with Gasteiger partial charge in [-0.1, -0.05) is 45.0 Å². The molecule has 1 unspecified atom stereocenters. The van der Waals surface area contributed by atoms with Crippen LogP contribution < -0.4 is 5.32 Å². The molecule has 1 atom stereocenters. The van der Waals surface area contributed by atoms with Gasteiger partial charge >= 0.3 is 0 Å². The summed E-state index contributed by atoms with van der Waals surface area (Å²) in [5.74, 6) is 0. The Morgan fingerprint density at radius 2 is 1.90 bits per heavy atom. The number of pyridine rings is 1. The molecule has 1 heterocycles. The standard InChI is InChI=1S/C17H24N2O/c1-17(2,3)10-15(20)12-18-11-14-9-8-13-6-4-5-7-16(13)19-14/h4-9,15,18,20H,10-12H2,1-3H3. The van der Waals surface area contributed by atoms with Gasteiger partial charge in [0.15, 0.2) is 0 Å². The molecule has 0 aliphatic rings. The van der Waals surface area contributed by atoms with Crippen LogP contribution in [0.15, 0.2) is 36.4 Å². The maximum atomic E-state index is 9.95. The zero-order valence-electron chi connectivity index (χ0n) is 12.6. The van der Waals surface area contributed by atoms with Crippen LogP contribution in [0, 0.1) is 5.41 Å². The second-order valence-electron chi connectivity index (χ2n) is 6.54. The van der Waals surface area contributed by atoms with Gasteiger partial charge in [0.25, 0.3) is 0 Å². The molecule has 0 spiro atoms. The number of para-hydroxylation sites is 1. The van der Waals surface area contributed by atoms with E-state index in [1.54, 1.807) is 0 Å². The Labute approximate surface area is 121 Å². The number of aromatic nitrogens is 1. The fourth-order valence-electron chi connectivity index (χ4n) is 2.35. The first-order valence-electron chi connectivity index (χ1n) is 7.17. The van der Waals surface area contributed by atoms with Gasteiger partial charge in [-0.2, -0.15) is 0 Å². The summed E-state index contributed by atoms with van der Waals surface area (Å²) in [7, 11) is 0. The van der Waals surface area contributed by atoms with Crippen LogP contribution in [0.3, 0.4) is 0 Å². The lowest BCUT2D eigenvalue weighted by molar-refractivity contribution is 0.119. The van der Waals surface area contributed by atoms with Crippen LogP contribution in [-0.2, 0) is 6.54 Å². The summed E-state index contributed by atoms with van der Waals surface area (Å²) in [4.78, 5) is 4.60. The molecule has 0 aliphatic heterocycles. The molecule has 0 fully saturated rings. The number of nitrogens with one attached hydrogen (secondary N) is 1. The molecule has 0 saturated carbocycles. The third-order valence-corrected chi connectivity index (χ3v) is 3.19. The van der Waals surface area contributed by atoms with Gasteiger partial charge in [0.1, 0.15) is 0 Å². The van der Waals surface area contributed by atoms with Crippen molar-refractivity contribution in [2.24, 2.45) is 5.41 Å². The first-order chi connectivity index (χ1) is 9.44. The Kier molecular flexibility index (Phi) is 4.73. The molecule has 2 N–H and O–H groups in total. The lowest BCUT2D eigenvalue weighted by Crippen LogP contribution is -2.30. The smallest absolute Gasteiger partial charge is 0.0705 e. The van der Waals surface area contributed by atoms with Crippen molar-refractivity contribution in [1.29, 1.82) is 0 Å². The number of nitrogens with zero attached hydrogens (tertiary/aromatic N) is 1. The number of aliphatic hydroxyl groups excluding tert-OH is 1. The molecular weight excluding hydrogens is 248 g/mol. The van der Waals surface area contributed by atoms with E-state index in [1.165, 1.54) is 0 Å². The lowest BCUT2D eigenvalue weighted by Gasteiger charge is -2.22. The van der Waals surface area contributed by atoms with Crippen molar-refractivity contribution in [3.8, 4) is 0 Å². The van der Waals surface area contributed by atoms with Crippen molar-refractivity contribution in [3.05, 3.63) is 42.1 Å². The van der Waals surface area contributed by atoms with Gasteiger partial charge in [-0.15, -0.1) is 0 Å². The fraction of sp³-hybridized carbons (Fsp3) is 0.471. The third-order valence-electron chi connectivity index (χ3n) is 3.19. The van der Waals surface area contributed by atoms with E-state index in [4.69, 9.17) is 0 Å². The second kappa shape index (κ2) is 6.33. The number of hydrogen-bond acceptors (Lipinski definition) is 3. The number of aliphatic hydroxyl groups is 1. The van der Waals surface area contributed by atoms with Crippen molar-refractivity contribution in [2.45, 2.75) is 39.8 Å². The minimum Gasteiger partial charge on any atom is -0.392 e. The predicted molar refractivity (Wildman–Crippen MR) is 83.5 cm³/mol. The van der Waals surface area contributed by atoms with Gasteiger partial charge in [-0.3, -0.25) is 4.98 Å². The Morgan fingerprint density at radius 1 is 1.15 bits per heavy atom. The van der Waals surface area contributed by atoms with E-state index in [-0.39, 0.29) is 11.5 Å². The first-order valence-corrected chi connectivity index (χ1v) is 7.17. The van der Waals surface area contributed by atoms with Gasteiger partial charge in [-0.05, 0) is 24.0 Å². The number of rotatable bonds is 5. The lowest BCUT2D eigenvalue weighted by atomic mass is 9.89. The van der Waals surface area contributed by atoms with Gasteiger partial charge in [0, 0.05) is 18.5 Å². The van der Waals surface area contributed by atoms with Crippen LogP contribution in [-0.4, -0.2) is 22.7 Å². The highest BCUT2D eigenvalue weighted by Crippen LogP contribution is 2.20. The van der Waals surface area contributed by atoms with Crippen molar-refractivity contribution in [1.82, 2.24) is 10.3 Å². The Bertz CT molecular complexity index is 560. The van der Waals surface area contributed by atoms with Crippen LogP contribution in [0.4, 0.5) is 0 Å². The van der Waals surface area contributed by atoms with Crippen molar-refractivity contribution in [2.75, 3.05) is 6.54 Å². The summed E-state index contributed by atoms with van der Waals surface area (Å²) in [6, 6.07) is 12.2. The Balaban J connectivity index is 1.86. The van der Waals surface area contributed by atoms with Crippen LogP contribution in [0.5, 0.6) is 0 Å². The second-order valence-corrected chi connectivity index (χ2v) is 6.54. The first kappa shape index (κ1) is 14.9. The van der Waals surface area contributed by atoms with Crippen molar-refractivity contribution >= 4 is 10.9 Å². The van der Waals surface area contributed by atoms with E-state index in [1.807, 2.05) is 24.3 Å². The van der Waals surface area contributed by atoms with Crippen LogP contribution in [0.2, 0.25) is 0 Å². The number of benzene rings is 1. The van der Waals surface area contributed by atoms with E-state index < -0.39 is 0 Å². The highest BCUT2D eigenvalue weighted by atomic mass is 16.3. The average Bonchev–Trinajstić information content (AvgIpc) is 2.36. The van der Waals surface area contributed by atoms with Gasteiger partial charge in [0.05, 0.1) is 17.3 Å². The maximum absolute atomic E-state index is 9.95. The molecule has 0 bridgehead atoms. The quantitative estimate of drug-likeness (QED) is 0.879. The number of hydrogen-bond donors (Lipinski definition) is 2. The monoisotopic (exact) mass is 272 g/mol. The molecule has 0 amide bonds. The van der Waals surface area contributed by atoms with E-state index in [2.05, 4.69) is 43.2 Å². The SMILES string of the molecule is CC(C)(C)CC(O)CNCc1ccc2ccccc2n1. The van der Waals surface area contributed by atoms with Gasteiger partial charge < -0.3 is 10.4 Å². The maximum Gasteiger partial charge on any atom is 0.0705 e. The Hall–Kier alpha value is -1.45. The normalized spacial score (nSPS) is 13.6. The van der Waals surface area contributed by atoms with E-state index in [9.17, 15) is 5.11 Å². The summed E-state index contributed by atoms with van der Waals surface area (Å²) < 4.78 is 0. The molecule has 1 aromatic carbocycles. The zero-order valence-corrected chi connectivity index (χ0v) is 12.6. The molecule has 0 aliphatic carbocycles. The molecule has 1 aromatic heterocycles. The summed E-state index contributed by atoms with van der Waals surface area (Å²) in [5.41, 5.74) is 2.18. The van der Waals surface area contributed by atoms with Crippen LogP contribution in [0.1, 0.15) is 32.9 Å². The van der Waals surface area contributed by atoms with Crippen LogP contribution in [0.25, 0.3) is 10.9 Å². The van der Waals surface area contributed by atoms with E-state index in [0.29, 0.717) is 13.1 Å². The largest absolute Gasteiger partial charge is 0.392 e. The molecular formula is C17H24N2O. The summed E-state index contributed by atoms with van der Waals surface area (Å²) in [6.45, 7) is 7.71. The van der Waals surface area contributed by atoms with E-state index in [0.717, 1.165) is 23.0 Å². The molecule has 3 heteroatoms. The minimum absolute atomic E-state index is 0.155. The van der Waals surface area contributed by atoms with Crippen molar-refractivity contribution < 1.29 is 5.11 Å². The molecule has 0 radical (unpaired) electrons. The Morgan fingerprint density at radius 3 is 2.65 bits per heavy atom. The molecule has 0 saturated heterocycles. The van der Waals surface area contributed by atoms with Crippen molar-refractivity contribution in [3.63, 3.8) is 0 Å². The molecule has 2 rings (SSSR count). The van der Waals surface area contributed by atoms with Crippen LogP contribution >= 0.6 is 0 Å². The fourth-order valence-corrected chi connectivity index (χ4v) is 2.35. The molecule has 2 aromatic rings. The zero-order chi connectivity index (χ0) is 14.6. The summed E-state index contributed by atoms with van der Waals surface area (Å²) >= 11 is 0. The summed E-state index contributed by atoms with van der Waals surface area (Å²) in [5, 5.41) is 14.4. The highest BCUT2D eigenvalue weighted by Gasteiger charge is 2.16. The average molecular weight is 272 g/mol. The predicted octanol–water partition coefficient (Wildman–Crippen LogP) is 3.12. The molecule has 20 heavy (non-hydrogen) atoms. The molecule has 3 nitrogen and oxygen atoms in total. The number of fused-ring (bicyclic) bond motifs is 1. The third kappa shape index (κ3) is 4.58. The van der Waals surface area contributed by atoms with Gasteiger partial charge in [0.2, 0.25) is 0 Å². The minimum atomic E-state index is -0.310. The highest BCUT2D eigenvalue weighted by molar-refractivity contribution is 5.78. The topological polar surface area (TPSA) is 45.1 Å². The van der Waals surface area contributed by atoms with E-state index >= 15 is 0 Å². The molecule has 108 valence electrons. The summed E-state index contributed by atoms with van der Waals surface area (Å²) in [6.07, 6.45) is 0.487. The van der Waals surface area contributed by atoms with Gasteiger partial charge in [-0.25, -0.2) is 0 Å².